The summed E-state index contributed by atoms with van der Waals surface area (Å²) in [6.07, 6.45) is 4.91. The Balaban J connectivity index is 2.03. The van der Waals surface area contributed by atoms with Gasteiger partial charge in [-0.25, -0.2) is 4.68 Å². The normalized spacial score (nSPS) is 18.5. The van der Waals surface area contributed by atoms with Gasteiger partial charge in [0, 0.05) is 29.0 Å². The smallest absolute Gasteiger partial charge is 0.150 e. The van der Waals surface area contributed by atoms with E-state index in [2.05, 4.69) is 15.1 Å². The zero-order valence-electron chi connectivity index (χ0n) is 11.0. The van der Waals surface area contributed by atoms with Crippen molar-refractivity contribution in [2.75, 3.05) is 6.61 Å². The molecule has 3 rings (SSSR count). The van der Waals surface area contributed by atoms with Crippen LogP contribution in [-0.2, 0) is 4.74 Å². The summed E-state index contributed by atoms with van der Waals surface area (Å²) in [5.74, 6) is 0. The predicted molar refractivity (Wildman–Crippen MR) is 75.3 cm³/mol. The summed E-state index contributed by atoms with van der Waals surface area (Å²) in [5.41, 5.74) is 11.1. The second-order valence-electron chi connectivity index (χ2n) is 4.69. The first kappa shape index (κ1) is 12.7. The maximum Gasteiger partial charge on any atom is 0.150 e. The van der Waals surface area contributed by atoms with Crippen molar-refractivity contribution >= 4 is 5.69 Å². The summed E-state index contributed by atoms with van der Waals surface area (Å²) in [4.78, 5) is 2.88. The Bertz CT molecular complexity index is 639. The van der Waals surface area contributed by atoms with E-state index in [9.17, 15) is 0 Å². The van der Waals surface area contributed by atoms with Crippen molar-refractivity contribution in [2.24, 2.45) is 5.11 Å². The highest BCUT2D eigenvalue weighted by Crippen LogP contribution is 2.33. The van der Waals surface area contributed by atoms with E-state index in [1.54, 1.807) is 12.3 Å². The molecule has 1 aromatic heterocycles. The Labute approximate surface area is 116 Å². The molecule has 0 saturated carbocycles. The summed E-state index contributed by atoms with van der Waals surface area (Å²) in [6, 6.07) is 9.42. The average Bonchev–Trinajstić information content (AvgIpc) is 2.98. The zero-order chi connectivity index (χ0) is 13.8. The molecule has 6 heteroatoms. The van der Waals surface area contributed by atoms with E-state index >= 15 is 0 Å². The molecular weight excluding hydrogens is 254 g/mol. The SMILES string of the molecule is [N-]=[N+]=Nc1ccccc1-c1ccnn1C1CCCCO1. The molecule has 1 aliphatic heterocycles. The molecule has 1 unspecified atom stereocenters. The molecule has 1 aromatic carbocycles. The third-order valence-electron chi connectivity index (χ3n) is 3.43. The van der Waals surface area contributed by atoms with Gasteiger partial charge in [0.2, 0.25) is 0 Å². The van der Waals surface area contributed by atoms with E-state index in [0.29, 0.717) is 5.69 Å². The molecule has 0 amide bonds. The maximum absolute atomic E-state index is 8.67. The average molecular weight is 269 g/mol. The lowest BCUT2D eigenvalue weighted by molar-refractivity contribution is -0.0383. The predicted octanol–water partition coefficient (Wildman–Crippen LogP) is 4.19. The Kier molecular flexibility index (Phi) is 3.67. The number of benzene rings is 1. The summed E-state index contributed by atoms with van der Waals surface area (Å²) < 4.78 is 7.66. The molecule has 0 radical (unpaired) electrons. The van der Waals surface area contributed by atoms with Crippen molar-refractivity contribution in [1.29, 1.82) is 0 Å². The van der Waals surface area contributed by atoms with Crippen LogP contribution < -0.4 is 0 Å². The quantitative estimate of drug-likeness (QED) is 0.476. The molecule has 102 valence electrons. The van der Waals surface area contributed by atoms with E-state index in [1.807, 2.05) is 28.9 Å². The number of aromatic nitrogens is 2. The molecule has 2 aromatic rings. The molecule has 1 fully saturated rings. The van der Waals surface area contributed by atoms with Gasteiger partial charge >= 0.3 is 0 Å². The summed E-state index contributed by atoms with van der Waals surface area (Å²) >= 11 is 0. The standard InChI is InChI=1S/C14H15N5O/c15-18-17-12-6-2-1-5-11(12)13-8-9-16-19(13)14-7-3-4-10-20-14/h1-2,5-6,8-9,14H,3-4,7,10H2. The molecule has 0 spiro atoms. The van der Waals surface area contributed by atoms with E-state index in [4.69, 9.17) is 10.3 Å². The van der Waals surface area contributed by atoms with Gasteiger partial charge in [0.25, 0.3) is 0 Å². The van der Waals surface area contributed by atoms with Gasteiger partial charge in [0.05, 0.1) is 5.69 Å². The van der Waals surface area contributed by atoms with Crippen molar-refractivity contribution in [3.8, 4) is 11.3 Å². The topological polar surface area (TPSA) is 75.8 Å². The summed E-state index contributed by atoms with van der Waals surface area (Å²) in [7, 11) is 0. The number of ether oxygens (including phenoxy) is 1. The van der Waals surface area contributed by atoms with Crippen molar-refractivity contribution in [1.82, 2.24) is 9.78 Å². The summed E-state index contributed by atoms with van der Waals surface area (Å²) in [5, 5.41) is 8.12. The highest BCUT2D eigenvalue weighted by atomic mass is 16.5. The van der Waals surface area contributed by atoms with Gasteiger partial charge in [-0.1, -0.05) is 29.4 Å². The zero-order valence-corrected chi connectivity index (χ0v) is 11.0. The first-order chi connectivity index (χ1) is 9.90. The van der Waals surface area contributed by atoms with Gasteiger partial charge in [0.1, 0.15) is 0 Å². The van der Waals surface area contributed by atoms with Crippen molar-refractivity contribution in [2.45, 2.75) is 25.5 Å². The van der Waals surface area contributed by atoms with Crippen LogP contribution in [0.25, 0.3) is 21.7 Å². The minimum atomic E-state index is -0.0344. The van der Waals surface area contributed by atoms with Gasteiger partial charge in [-0.2, -0.15) is 5.10 Å². The lowest BCUT2D eigenvalue weighted by Crippen LogP contribution is -2.19. The Morgan fingerprint density at radius 3 is 3.00 bits per heavy atom. The van der Waals surface area contributed by atoms with Crippen LogP contribution in [0.1, 0.15) is 25.5 Å². The molecule has 0 bridgehead atoms. The van der Waals surface area contributed by atoms with Crippen LogP contribution in [0, 0.1) is 0 Å². The third-order valence-corrected chi connectivity index (χ3v) is 3.43. The number of rotatable bonds is 3. The van der Waals surface area contributed by atoms with Gasteiger partial charge in [0.15, 0.2) is 6.23 Å². The highest BCUT2D eigenvalue weighted by Gasteiger charge is 2.20. The number of hydrogen-bond donors (Lipinski definition) is 0. The van der Waals surface area contributed by atoms with Gasteiger partial charge in [-0.15, -0.1) is 0 Å². The Morgan fingerprint density at radius 1 is 1.30 bits per heavy atom. The fraction of sp³-hybridized carbons (Fsp3) is 0.357. The molecule has 0 aliphatic carbocycles. The van der Waals surface area contributed by atoms with Crippen LogP contribution in [0.4, 0.5) is 5.69 Å². The lowest BCUT2D eigenvalue weighted by atomic mass is 10.1. The van der Waals surface area contributed by atoms with Crippen molar-refractivity contribution < 1.29 is 4.74 Å². The highest BCUT2D eigenvalue weighted by molar-refractivity contribution is 5.73. The second-order valence-corrected chi connectivity index (χ2v) is 4.69. The molecule has 1 aliphatic rings. The van der Waals surface area contributed by atoms with Crippen LogP contribution in [0.2, 0.25) is 0 Å². The first-order valence-corrected chi connectivity index (χ1v) is 6.70. The van der Waals surface area contributed by atoms with Crippen LogP contribution >= 0.6 is 0 Å². The van der Waals surface area contributed by atoms with E-state index in [0.717, 1.165) is 37.1 Å². The van der Waals surface area contributed by atoms with Crippen LogP contribution in [-0.4, -0.2) is 16.4 Å². The van der Waals surface area contributed by atoms with Crippen LogP contribution in [0.15, 0.2) is 41.6 Å². The van der Waals surface area contributed by atoms with Crippen molar-refractivity contribution in [3.63, 3.8) is 0 Å². The van der Waals surface area contributed by atoms with E-state index in [-0.39, 0.29) is 6.23 Å². The third kappa shape index (κ3) is 2.39. The molecular formula is C14H15N5O. The van der Waals surface area contributed by atoms with Crippen LogP contribution in [0.3, 0.4) is 0 Å². The molecule has 0 N–H and O–H groups in total. The molecule has 2 heterocycles. The molecule has 20 heavy (non-hydrogen) atoms. The Morgan fingerprint density at radius 2 is 2.20 bits per heavy atom. The number of hydrogen-bond acceptors (Lipinski definition) is 3. The van der Waals surface area contributed by atoms with Gasteiger partial charge in [-0.05, 0) is 30.9 Å². The van der Waals surface area contributed by atoms with Gasteiger partial charge in [-0.3, -0.25) is 0 Å². The largest absolute Gasteiger partial charge is 0.356 e. The minimum Gasteiger partial charge on any atom is -0.356 e. The maximum atomic E-state index is 8.67. The molecule has 6 nitrogen and oxygen atoms in total. The fourth-order valence-electron chi connectivity index (χ4n) is 2.50. The lowest BCUT2D eigenvalue weighted by Gasteiger charge is -2.24. The summed E-state index contributed by atoms with van der Waals surface area (Å²) in [6.45, 7) is 0.766. The Hall–Kier alpha value is -2.30. The van der Waals surface area contributed by atoms with Crippen LogP contribution in [0.5, 0.6) is 0 Å². The van der Waals surface area contributed by atoms with Gasteiger partial charge < -0.3 is 4.74 Å². The van der Waals surface area contributed by atoms with E-state index < -0.39 is 0 Å². The first-order valence-electron chi connectivity index (χ1n) is 6.70. The van der Waals surface area contributed by atoms with E-state index in [1.165, 1.54) is 0 Å². The minimum absolute atomic E-state index is 0.0344. The number of nitrogens with zero attached hydrogens (tertiary/aromatic N) is 5. The van der Waals surface area contributed by atoms with Crippen molar-refractivity contribution in [3.05, 3.63) is 47.0 Å². The second kappa shape index (κ2) is 5.77. The molecule has 1 saturated heterocycles. The number of azide groups is 1. The monoisotopic (exact) mass is 269 g/mol. The fourth-order valence-corrected chi connectivity index (χ4v) is 2.50. The molecule has 1 atom stereocenters.